The van der Waals surface area contributed by atoms with Crippen molar-refractivity contribution in [3.8, 4) is 0 Å². The van der Waals surface area contributed by atoms with Gasteiger partial charge < -0.3 is 26.0 Å². The highest BCUT2D eigenvalue weighted by molar-refractivity contribution is 6.05. The lowest BCUT2D eigenvalue weighted by Gasteiger charge is -2.28. The van der Waals surface area contributed by atoms with Gasteiger partial charge in [0.15, 0.2) is 0 Å². The molecule has 192 valence electrons. The maximum absolute atomic E-state index is 12.7. The number of anilines is 2. The first-order chi connectivity index (χ1) is 17.9. The van der Waals surface area contributed by atoms with Crippen molar-refractivity contribution in [1.82, 2.24) is 10.2 Å². The molecule has 2 aliphatic rings. The Morgan fingerprint density at radius 2 is 1.84 bits per heavy atom. The van der Waals surface area contributed by atoms with Gasteiger partial charge in [-0.3, -0.25) is 4.79 Å². The van der Waals surface area contributed by atoms with Crippen molar-refractivity contribution < 1.29 is 14.3 Å². The van der Waals surface area contributed by atoms with Gasteiger partial charge in [0.1, 0.15) is 6.61 Å². The Bertz CT molecular complexity index is 1290. The Labute approximate surface area is 218 Å². The number of carbonyl (C=O) groups is 2. The van der Waals surface area contributed by atoms with Crippen molar-refractivity contribution in [2.24, 2.45) is 0 Å². The summed E-state index contributed by atoms with van der Waals surface area (Å²) in [6.07, 6.45) is 1.52. The van der Waals surface area contributed by atoms with Crippen molar-refractivity contribution in [2.75, 3.05) is 17.6 Å². The Morgan fingerprint density at radius 1 is 1.05 bits per heavy atom. The van der Waals surface area contributed by atoms with Gasteiger partial charge in [0.2, 0.25) is 0 Å². The molecule has 1 heterocycles. The molecule has 1 aliphatic heterocycles. The Kier molecular flexibility index (Phi) is 7.15. The van der Waals surface area contributed by atoms with E-state index in [4.69, 9.17) is 10.5 Å². The summed E-state index contributed by atoms with van der Waals surface area (Å²) in [5.74, 6) is 0.373. The Balaban J connectivity index is 1.13. The molecular formula is C30H34N4O3. The maximum Gasteiger partial charge on any atom is 0.410 e. The normalized spacial score (nSPS) is 18.3. The van der Waals surface area contributed by atoms with E-state index in [0.717, 1.165) is 16.7 Å². The van der Waals surface area contributed by atoms with E-state index >= 15 is 0 Å². The number of hydrogen-bond acceptors (Lipinski definition) is 5. The third-order valence-electron chi connectivity index (χ3n) is 7.06. The van der Waals surface area contributed by atoms with E-state index in [9.17, 15) is 9.59 Å². The fourth-order valence-corrected chi connectivity index (χ4v) is 4.93. The highest BCUT2D eigenvalue weighted by Gasteiger charge is 2.38. The van der Waals surface area contributed by atoms with Crippen LogP contribution in [0.3, 0.4) is 0 Å². The van der Waals surface area contributed by atoms with Crippen LogP contribution >= 0.6 is 0 Å². The SMILES string of the molecule is CC(C)NC1CC1c1ccc(COC(=O)N2CCc3cc(C(=O)Nc4ccccc4N)ccc3C2)cc1. The first-order valence-corrected chi connectivity index (χ1v) is 12.9. The van der Waals surface area contributed by atoms with E-state index in [1.54, 1.807) is 23.1 Å². The fraction of sp³-hybridized carbons (Fsp3) is 0.333. The highest BCUT2D eigenvalue weighted by atomic mass is 16.6. The standard InChI is InChI=1S/C30H34N4O3/c1-19(2)32-28-16-25(28)21-9-7-20(8-10-21)18-37-30(36)34-14-13-22-15-23(11-12-24(22)17-34)29(35)33-27-6-4-3-5-26(27)31/h3-12,15,19,25,28,32H,13-14,16-18,31H2,1-2H3,(H,33,35). The van der Waals surface area contributed by atoms with E-state index in [-0.39, 0.29) is 18.6 Å². The van der Waals surface area contributed by atoms with Crippen LogP contribution in [0, 0.1) is 0 Å². The molecule has 3 aromatic carbocycles. The average Bonchev–Trinajstić information content (AvgIpc) is 3.66. The van der Waals surface area contributed by atoms with Gasteiger partial charge in [-0.05, 0) is 59.4 Å². The molecule has 0 spiro atoms. The minimum Gasteiger partial charge on any atom is -0.445 e. The summed E-state index contributed by atoms with van der Waals surface area (Å²) in [6.45, 7) is 5.61. The minimum absolute atomic E-state index is 0.207. The van der Waals surface area contributed by atoms with Gasteiger partial charge in [-0.2, -0.15) is 0 Å². The largest absolute Gasteiger partial charge is 0.445 e. The van der Waals surface area contributed by atoms with E-state index in [0.29, 0.717) is 54.5 Å². The number of fused-ring (bicyclic) bond motifs is 1. The lowest BCUT2D eigenvalue weighted by atomic mass is 9.97. The lowest BCUT2D eigenvalue weighted by Crippen LogP contribution is -2.36. The number of nitrogens with two attached hydrogens (primary N) is 1. The second kappa shape index (κ2) is 10.6. The molecule has 0 aromatic heterocycles. The number of para-hydroxylation sites is 2. The minimum atomic E-state index is -0.320. The monoisotopic (exact) mass is 498 g/mol. The van der Waals surface area contributed by atoms with Gasteiger partial charge >= 0.3 is 6.09 Å². The van der Waals surface area contributed by atoms with Crippen LogP contribution in [0.15, 0.2) is 66.7 Å². The van der Waals surface area contributed by atoms with E-state index in [1.807, 2.05) is 24.3 Å². The molecule has 1 fully saturated rings. The summed E-state index contributed by atoms with van der Waals surface area (Å²) < 4.78 is 5.61. The summed E-state index contributed by atoms with van der Waals surface area (Å²) in [7, 11) is 0. The second-order valence-electron chi connectivity index (χ2n) is 10.3. The van der Waals surface area contributed by atoms with Crippen LogP contribution in [0.1, 0.15) is 58.8 Å². The summed E-state index contributed by atoms with van der Waals surface area (Å²) in [5.41, 5.74) is 12.0. The molecule has 2 amide bonds. The number of nitrogens with zero attached hydrogens (tertiary/aromatic N) is 1. The molecule has 2 atom stereocenters. The van der Waals surface area contributed by atoms with Crippen LogP contribution in [-0.2, 0) is 24.3 Å². The van der Waals surface area contributed by atoms with Crippen molar-refractivity contribution in [1.29, 1.82) is 0 Å². The van der Waals surface area contributed by atoms with Crippen LogP contribution < -0.4 is 16.4 Å². The summed E-state index contributed by atoms with van der Waals surface area (Å²) in [6, 6.07) is 22.2. The summed E-state index contributed by atoms with van der Waals surface area (Å²) in [5, 5.41) is 6.45. The molecule has 3 aromatic rings. The number of benzene rings is 3. The molecule has 37 heavy (non-hydrogen) atoms. The zero-order valence-electron chi connectivity index (χ0n) is 21.4. The van der Waals surface area contributed by atoms with E-state index in [1.165, 1.54) is 12.0 Å². The Hall–Kier alpha value is -3.84. The van der Waals surface area contributed by atoms with Crippen molar-refractivity contribution in [3.63, 3.8) is 0 Å². The number of nitrogen functional groups attached to an aromatic ring is 1. The molecule has 0 radical (unpaired) electrons. The topological polar surface area (TPSA) is 96.7 Å². The average molecular weight is 499 g/mol. The van der Waals surface area contributed by atoms with Gasteiger partial charge in [-0.15, -0.1) is 0 Å². The maximum atomic E-state index is 12.7. The van der Waals surface area contributed by atoms with Crippen LogP contribution in [0.25, 0.3) is 0 Å². The molecule has 4 N–H and O–H groups in total. The molecular weight excluding hydrogens is 464 g/mol. The summed E-state index contributed by atoms with van der Waals surface area (Å²) in [4.78, 5) is 27.2. The van der Waals surface area contributed by atoms with Gasteiger partial charge in [-0.25, -0.2) is 4.79 Å². The molecule has 7 heteroatoms. The molecule has 2 unspecified atom stereocenters. The third-order valence-corrected chi connectivity index (χ3v) is 7.06. The third kappa shape index (κ3) is 5.94. The van der Waals surface area contributed by atoms with Crippen LogP contribution in [0.5, 0.6) is 0 Å². The van der Waals surface area contributed by atoms with Crippen LogP contribution in [-0.4, -0.2) is 35.5 Å². The first kappa shape index (κ1) is 24.8. The van der Waals surface area contributed by atoms with Crippen LogP contribution in [0.4, 0.5) is 16.2 Å². The van der Waals surface area contributed by atoms with E-state index < -0.39 is 0 Å². The van der Waals surface area contributed by atoms with Gasteiger partial charge in [0.05, 0.1) is 11.4 Å². The van der Waals surface area contributed by atoms with Gasteiger partial charge in [0.25, 0.3) is 5.91 Å². The number of rotatable bonds is 7. The highest BCUT2D eigenvalue weighted by Crippen LogP contribution is 2.41. The van der Waals surface area contributed by atoms with Crippen molar-refractivity contribution >= 4 is 23.4 Å². The summed E-state index contributed by atoms with van der Waals surface area (Å²) >= 11 is 0. The van der Waals surface area contributed by atoms with Crippen molar-refractivity contribution in [3.05, 3.63) is 94.5 Å². The smallest absolute Gasteiger partial charge is 0.410 e. The van der Waals surface area contributed by atoms with Gasteiger partial charge in [0, 0.05) is 36.7 Å². The predicted octanol–water partition coefficient (Wildman–Crippen LogP) is 5.07. The zero-order valence-corrected chi connectivity index (χ0v) is 21.4. The first-order valence-electron chi connectivity index (χ1n) is 12.9. The van der Waals surface area contributed by atoms with Crippen molar-refractivity contribution in [2.45, 2.75) is 57.8 Å². The molecule has 1 aliphatic carbocycles. The Morgan fingerprint density at radius 3 is 2.59 bits per heavy atom. The number of nitrogens with one attached hydrogen (secondary N) is 2. The predicted molar refractivity (Wildman–Crippen MR) is 145 cm³/mol. The second-order valence-corrected chi connectivity index (χ2v) is 10.3. The van der Waals surface area contributed by atoms with Crippen LogP contribution in [0.2, 0.25) is 0 Å². The number of ether oxygens (including phenoxy) is 1. The number of hydrogen-bond donors (Lipinski definition) is 3. The lowest BCUT2D eigenvalue weighted by molar-refractivity contribution is 0.0917. The molecule has 7 nitrogen and oxygen atoms in total. The molecule has 0 saturated heterocycles. The fourth-order valence-electron chi connectivity index (χ4n) is 4.93. The number of carbonyl (C=O) groups excluding carboxylic acids is 2. The number of amides is 2. The quantitative estimate of drug-likeness (QED) is 0.395. The van der Waals surface area contributed by atoms with Gasteiger partial charge in [-0.1, -0.05) is 56.3 Å². The van der Waals surface area contributed by atoms with E-state index in [2.05, 4.69) is 48.7 Å². The molecule has 1 saturated carbocycles. The zero-order chi connectivity index (χ0) is 25.9. The molecule has 5 rings (SSSR count). The molecule has 0 bridgehead atoms.